The second-order valence-corrected chi connectivity index (χ2v) is 7.72. The molecule has 1 aliphatic heterocycles. The number of ether oxygens (including phenoxy) is 3. The van der Waals surface area contributed by atoms with E-state index in [-0.39, 0.29) is 17.3 Å². The second kappa shape index (κ2) is 9.88. The molecule has 1 N–H and O–H groups in total. The Morgan fingerprint density at radius 3 is 2.42 bits per heavy atom. The smallest absolute Gasteiger partial charge is 0.232 e. The lowest BCUT2D eigenvalue weighted by molar-refractivity contribution is 0.101. The lowest BCUT2D eigenvalue weighted by atomic mass is 9.99. The van der Waals surface area contributed by atoms with Crippen LogP contribution in [0, 0.1) is 6.92 Å². The van der Waals surface area contributed by atoms with E-state index >= 15 is 0 Å². The molecule has 0 aromatic heterocycles. The van der Waals surface area contributed by atoms with E-state index in [1.807, 2.05) is 13.0 Å². The zero-order valence-corrected chi connectivity index (χ0v) is 18.9. The summed E-state index contributed by atoms with van der Waals surface area (Å²) >= 11 is 0. The molecule has 0 atom stereocenters. The molecule has 31 heavy (non-hydrogen) atoms. The van der Waals surface area contributed by atoms with Crippen LogP contribution in [0.1, 0.15) is 53.7 Å². The molecule has 6 nitrogen and oxygen atoms in total. The fourth-order valence-electron chi connectivity index (χ4n) is 3.94. The number of Topliss-reactive ketones (excluding diaryl/α,β-unsaturated/α-hetero) is 1. The zero-order valence-electron chi connectivity index (χ0n) is 18.9. The van der Waals surface area contributed by atoms with Crippen molar-refractivity contribution < 1.29 is 24.1 Å². The predicted octanol–water partition coefficient (Wildman–Crippen LogP) is 4.96. The Bertz CT molecular complexity index is 990. The Balaban J connectivity index is 2.01. The third-order valence-electron chi connectivity index (χ3n) is 5.41. The van der Waals surface area contributed by atoms with E-state index in [0.717, 1.165) is 25.9 Å². The molecule has 1 heterocycles. The molecule has 3 rings (SSSR count). The van der Waals surface area contributed by atoms with Crippen molar-refractivity contribution >= 4 is 11.9 Å². The third-order valence-corrected chi connectivity index (χ3v) is 5.41. The van der Waals surface area contributed by atoms with Crippen molar-refractivity contribution in [2.24, 2.45) is 0 Å². The van der Waals surface area contributed by atoms with Crippen molar-refractivity contribution in [2.45, 2.75) is 40.2 Å². The highest BCUT2D eigenvalue weighted by Crippen LogP contribution is 2.42. The predicted molar refractivity (Wildman–Crippen MR) is 121 cm³/mol. The number of hydrogen-bond acceptors (Lipinski definition) is 6. The quantitative estimate of drug-likeness (QED) is 0.573. The van der Waals surface area contributed by atoms with Crippen molar-refractivity contribution in [3.63, 3.8) is 0 Å². The molecule has 166 valence electrons. The number of aryl methyl sites for hydroxylation is 1. The van der Waals surface area contributed by atoms with Crippen molar-refractivity contribution in [1.82, 2.24) is 4.90 Å². The number of carbonyl (C=O) groups excluding carboxylic acids is 1. The molecule has 0 amide bonds. The molecule has 0 saturated heterocycles. The van der Waals surface area contributed by atoms with Gasteiger partial charge in [0.05, 0.1) is 25.3 Å². The van der Waals surface area contributed by atoms with E-state index in [1.165, 1.54) is 0 Å². The summed E-state index contributed by atoms with van der Waals surface area (Å²) in [4.78, 5) is 15.5. The highest BCUT2D eigenvalue weighted by atomic mass is 16.5. The number of ketones is 1. The highest BCUT2D eigenvalue weighted by molar-refractivity contribution is 6.16. The van der Waals surface area contributed by atoms with E-state index in [4.69, 9.17) is 14.2 Å². The maximum Gasteiger partial charge on any atom is 0.232 e. The number of benzene rings is 2. The van der Waals surface area contributed by atoms with E-state index < -0.39 is 0 Å². The van der Waals surface area contributed by atoms with Crippen LogP contribution in [0.15, 0.2) is 30.0 Å². The lowest BCUT2D eigenvalue weighted by Crippen LogP contribution is -2.25. The Kier molecular flexibility index (Phi) is 7.23. The van der Waals surface area contributed by atoms with Gasteiger partial charge in [-0.25, -0.2) is 0 Å². The standard InChI is InChI=1S/C25H31NO5/c1-6-10-26(11-7-2)15-19-20(27)12-16(3)23-24(28)22(31-25(19)23)13-17-8-9-18(29-4)14-21(17)30-5/h8-9,12-14,27H,6-7,10-11,15H2,1-5H3/b22-13+. The van der Waals surface area contributed by atoms with Crippen molar-refractivity contribution in [3.8, 4) is 23.0 Å². The van der Waals surface area contributed by atoms with Crippen LogP contribution in [0.5, 0.6) is 23.0 Å². The number of aromatic hydroxyl groups is 1. The van der Waals surface area contributed by atoms with Crippen molar-refractivity contribution in [1.29, 1.82) is 0 Å². The first-order valence-electron chi connectivity index (χ1n) is 10.7. The normalized spacial score (nSPS) is 14.1. The van der Waals surface area contributed by atoms with Gasteiger partial charge < -0.3 is 19.3 Å². The minimum absolute atomic E-state index is 0.157. The Hall–Kier alpha value is -2.99. The monoisotopic (exact) mass is 425 g/mol. The minimum Gasteiger partial charge on any atom is -0.507 e. The summed E-state index contributed by atoms with van der Waals surface area (Å²) in [5.74, 6) is 1.88. The first-order chi connectivity index (χ1) is 14.9. The topological polar surface area (TPSA) is 68.2 Å². The summed E-state index contributed by atoms with van der Waals surface area (Å²) in [6, 6.07) is 7.04. The average Bonchev–Trinajstić information content (AvgIpc) is 3.08. The molecule has 0 unspecified atom stereocenters. The van der Waals surface area contributed by atoms with Gasteiger partial charge in [-0.1, -0.05) is 13.8 Å². The average molecular weight is 426 g/mol. The Morgan fingerprint density at radius 1 is 1.10 bits per heavy atom. The number of carbonyl (C=O) groups is 1. The van der Waals surface area contributed by atoms with Gasteiger partial charge in [0, 0.05) is 18.2 Å². The first kappa shape index (κ1) is 22.7. The van der Waals surface area contributed by atoms with Crippen LogP contribution in [0.2, 0.25) is 0 Å². The first-order valence-corrected chi connectivity index (χ1v) is 10.7. The van der Waals surface area contributed by atoms with Gasteiger partial charge in [0.2, 0.25) is 5.78 Å². The summed E-state index contributed by atoms with van der Waals surface area (Å²) in [5, 5.41) is 10.7. The third kappa shape index (κ3) is 4.69. The molecular weight excluding hydrogens is 394 g/mol. The molecule has 0 spiro atoms. The summed E-state index contributed by atoms with van der Waals surface area (Å²) in [5.41, 5.74) is 2.57. The van der Waals surface area contributed by atoms with E-state index in [2.05, 4.69) is 18.7 Å². The molecular formula is C25H31NO5. The van der Waals surface area contributed by atoms with Crippen LogP contribution in [-0.4, -0.2) is 43.1 Å². The van der Waals surface area contributed by atoms with E-state index in [9.17, 15) is 9.90 Å². The molecule has 0 saturated carbocycles. The van der Waals surface area contributed by atoms with Crippen LogP contribution >= 0.6 is 0 Å². The number of phenolic OH excluding ortho intramolecular Hbond substituents is 1. The summed E-state index contributed by atoms with van der Waals surface area (Å²) in [7, 11) is 3.16. The zero-order chi connectivity index (χ0) is 22.5. The van der Waals surface area contributed by atoms with Gasteiger partial charge in [-0.3, -0.25) is 9.69 Å². The van der Waals surface area contributed by atoms with Gasteiger partial charge in [-0.15, -0.1) is 0 Å². The van der Waals surface area contributed by atoms with Gasteiger partial charge >= 0.3 is 0 Å². The summed E-state index contributed by atoms with van der Waals surface area (Å²) in [6.45, 7) is 8.43. The van der Waals surface area contributed by atoms with Crippen LogP contribution in [-0.2, 0) is 6.54 Å². The number of nitrogens with zero attached hydrogens (tertiary/aromatic N) is 1. The SMILES string of the molecule is CCCN(CCC)Cc1c(O)cc(C)c2c1O/C(=C/c1ccc(OC)cc1OC)C2=O. The molecule has 0 bridgehead atoms. The van der Waals surface area contributed by atoms with Crippen LogP contribution in [0.3, 0.4) is 0 Å². The van der Waals surface area contributed by atoms with Crippen LogP contribution in [0.25, 0.3) is 6.08 Å². The molecule has 6 heteroatoms. The number of hydrogen-bond donors (Lipinski definition) is 1. The molecule has 1 aliphatic rings. The van der Waals surface area contributed by atoms with Crippen molar-refractivity contribution in [2.75, 3.05) is 27.3 Å². The molecule has 2 aromatic rings. The summed E-state index contributed by atoms with van der Waals surface area (Å²) < 4.78 is 16.8. The largest absolute Gasteiger partial charge is 0.507 e. The number of methoxy groups -OCH3 is 2. The van der Waals surface area contributed by atoms with Gasteiger partial charge in [0.25, 0.3) is 0 Å². The minimum atomic E-state index is -0.191. The van der Waals surface area contributed by atoms with E-state index in [1.54, 1.807) is 38.5 Å². The fraction of sp³-hybridized carbons (Fsp3) is 0.400. The number of allylic oxidation sites excluding steroid dienone is 1. The summed E-state index contributed by atoms with van der Waals surface area (Å²) in [6.07, 6.45) is 3.70. The second-order valence-electron chi connectivity index (χ2n) is 7.72. The van der Waals surface area contributed by atoms with Gasteiger partial charge in [0.15, 0.2) is 5.76 Å². The number of rotatable bonds is 9. The lowest BCUT2D eigenvalue weighted by Gasteiger charge is -2.22. The van der Waals surface area contributed by atoms with Gasteiger partial charge in [-0.2, -0.15) is 0 Å². The maximum absolute atomic E-state index is 13.2. The highest BCUT2D eigenvalue weighted by Gasteiger charge is 2.33. The van der Waals surface area contributed by atoms with Gasteiger partial charge in [0.1, 0.15) is 23.0 Å². The molecule has 2 aromatic carbocycles. The Morgan fingerprint density at radius 2 is 1.81 bits per heavy atom. The van der Waals surface area contributed by atoms with Gasteiger partial charge in [-0.05, 0) is 62.7 Å². The number of phenols is 1. The molecule has 0 fully saturated rings. The van der Waals surface area contributed by atoms with Crippen LogP contribution in [0.4, 0.5) is 0 Å². The fourth-order valence-corrected chi connectivity index (χ4v) is 3.94. The van der Waals surface area contributed by atoms with Crippen molar-refractivity contribution in [3.05, 3.63) is 52.3 Å². The molecule has 0 aliphatic carbocycles. The molecule has 0 radical (unpaired) electrons. The maximum atomic E-state index is 13.2. The Labute approximate surface area is 184 Å². The van der Waals surface area contributed by atoms with E-state index in [0.29, 0.717) is 46.0 Å². The number of fused-ring (bicyclic) bond motifs is 1. The van der Waals surface area contributed by atoms with Crippen LogP contribution < -0.4 is 14.2 Å².